The molecule has 0 aliphatic rings. The number of aromatic amines is 1. The van der Waals surface area contributed by atoms with Crippen LogP contribution in [0.3, 0.4) is 0 Å². The first-order valence-corrected chi connectivity index (χ1v) is 7.94. The molecule has 0 aliphatic heterocycles. The lowest BCUT2D eigenvalue weighted by atomic mass is 10.1. The van der Waals surface area contributed by atoms with Gasteiger partial charge in [-0.3, -0.25) is 9.89 Å². The minimum atomic E-state index is -1.38. The Labute approximate surface area is 146 Å². The fourth-order valence-corrected chi connectivity index (χ4v) is 3.17. The monoisotopic (exact) mass is 351 g/mol. The van der Waals surface area contributed by atoms with Gasteiger partial charge in [-0.1, -0.05) is 12.1 Å². The molecule has 0 fully saturated rings. The number of benzene rings is 2. The molecular weight excluding hydrogens is 337 g/mol. The minimum Gasteiger partial charge on any atom is -0.477 e. The number of hydrogen-bond donors (Lipinski definition) is 2. The van der Waals surface area contributed by atoms with Crippen molar-refractivity contribution in [3.63, 3.8) is 0 Å². The second kappa shape index (κ2) is 5.80. The Morgan fingerprint density at radius 2 is 2.12 bits per heavy atom. The molecule has 0 unspecified atom stereocenters. The Balaban J connectivity index is 1.93. The molecule has 0 spiro atoms. The standard InChI is InChI=1S/C19H14FN3O3/c1-10-12-7-11(5-6-15(12)22-21-10)8-23-9-13(19(25)26)18(24)17-14(20)3-2-4-16(17)23/h2-7,9H,8H2,1H3,(H,21,22)(H,25,26). The molecule has 0 atom stereocenters. The number of halogens is 1. The highest BCUT2D eigenvalue weighted by Crippen LogP contribution is 2.20. The summed E-state index contributed by atoms with van der Waals surface area (Å²) < 4.78 is 15.8. The number of aromatic nitrogens is 3. The van der Waals surface area contributed by atoms with Crippen molar-refractivity contribution in [1.82, 2.24) is 14.8 Å². The summed E-state index contributed by atoms with van der Waals surface area (Å²) in [7, 11) is 0. The van der Waals surface area contributed by atoms with Crippen molar-refractivity contribution < 1.29 is 14.3 Å². The molecule has 4 rings (SSSR count). The molecule has 0 saturated carbocycles. The highest BCUT2D eigenvalue weighted by atomic mass is 19.1. The molecule has 4 aromatic rings. The van der Waals surface area contributed by atoms with E-state index in [1.54, 1.807) is 10.6 Å². The minimum absolute atomic E-state index is 0.215. The number of aryl methyl sites for hydroxylation is 1. The molecule has 7 heteroatoms. The lowest BCUT2D eigenvalue weighted by Gasteiger charge is -2.13. The van der Waals surface area contributed by atoms with Crippen molar-refractivity contribution >= 4 is 27.8 Å². The van der Waals surface area contributed by atoms with E-state index in [0.29, 0.717) is 12.1 Å². The van der Waals surface area contributed by atoms with Crippen molar-refractivity contribution in [2.24, 2.45) is 0 Å². The van der Waals surface area contributed by atoms with E-state index in [9.17, 15) is 19.1 Å². The third-order valence-electron chi connectivity index (χ3n) is 4.46. The molecule has 0 amide bonds. The molecule has 2 heterocycles. The average molecular weight is 351 g/mol. The van der Waals surface area contributed by atoms with Crippen LogP contribution in [0.5, 0.6) is 0 Å². The van der Waals surface area contributed by atoms with Crippen LogP contribution in [0, 0.1) is 12.7 Å². The van der Waals surface area contributed by atoms with Crippen molar-refractivity contribution in [1.29, 1.82) is 0 Å². The second-order valence-corrected chi connectivity index (χ2v) is 6.13. The van der Waals surface area contributed by atoms with Gasteiger partial charge in [-0.15, -0.1) is 0 Å². The van der Waals surface area contributed by atoms with Gasteiger partial charge in [0.15, 0.2) is 0 Å². The van der Waals surface area contributed by atoms with Crippen molar-refractivity contribution in [2.75, 3.05) is 0 Å². The number of nitrogens with one attached hydrogen (secondary N) is 1. The Hall–Kier alpha value is -3.48. The first kappa shape index (κ1) is 16.0. The van der Waals surface area contributed by atoms with Gasteiger partial charge in [0.2, 0.25) is 5.43 Å². The van der Waals surface area contributed by atoms with Crippen LogP contribution in [0.4, 0.5) is 4.39 Å². The van der Waals surface area contributed by atoms with E-state index >= 15 is 0 Å². The zero-order valence-electron chi connectivity index (χ0n) is 13.8. The molecule has 2 aromatic heterocycles. The normalized spacial score (nSPS) is 11.3. The molecule has 6 nitrogen and oxygen atoms in total. The largest absolute Gasteiger partial charge is 0.477 e. The van der Waals surface area contributed by atoms with Crippen LogP contribution in [0.15, 0.2) is 47.4 Å². The van der Waals surface area contributed by atoms with Gasteiger partial charge >= 0.3 is 5.97 Å². The highest BCUT2D eigenvalue weighted by Gasteiger charge is 2.17. The summed E-state index contributed by atoms with van der Waals surface area (Å²) in [6, 6.07) is 9.96. The molecule has 0 aliphatic carbocycles. The first-order valence-electron chi connectivity index (χ1n) is 7.94. The fraction of sp³-hybridized carbons (Fsp3) is 0.105. The molecule has 0 bridgehead atoms. The van der Waals surface area contributed by atoms with Crippen LogP contribution in [0.2, 0.25) is 0 Å². The average Bonchev–Trinajstić information content (AvgIpc) is 2.98. The molecule has 2 N–H and O–H groups in total. The number of fused-ring (bicyclic) bond motifs is 2. The summed E-state index contributed by atoms with van der Waals surface area (Å²) in [5, 5.41) is 17.1. The maximum atomic E-state index is 14.2. The third-order valence-corrected chi connectivity index (χ3v) is 4.46. The van der Waals surface area contributed by atoms with Gasteiger partial charge in [0, 0.05) is 18.1 Å². The Kier molecular flexibility index (Phi) is 3.57. The summed E-state index contributed by atoms with van der Waals surface area (Å²) >= 11 is 0. The van der Waals surface area contributed by atoms with Gasteiger partial charge in [-0.2, -0.15) is 5.10 Å². The van der Waals surface area contributed by atoms with Crippen LogP contribution < -0.4 is 5.43 Å². The SMILES string of the molecule is Cc1n[nH]c2ccc(Cn3cc(C(=O)O)c(=O)c4c(F)cccc43)cc12. The van der Waals surface area contributed by atoms with E-state index in [0.717, 1.165) is 28.2 Å². The summed E-state index contributed by atoms with van der Waals surface area (Å²) in [6.45, 7) is 2.18. The topological polar surface area (TPSA) is 88.0 Å². The van der Waals surface area contributed by atoms with Crippen LogP contribution >= 0.6 is 0 Å². The van der Waals surface area contributed by atoms with E-state index in [4.69, 9.17) is 0 Å². The quantitative estimate of drug-likeness (QED) is 0.594. The maximum Gasteiger partial charge on any atom is 0.341 e. The van der Waals surface area contributed by atoms with E-state index in [-0.39, 0.29) is 5.39 Å². The number of H-pyrrole nitrogens is 1. The van der Waals surface area contributed by atoms with Crippen LogP contribution in [0.1, 0.15) is 21.6 Å². The number of hydrogen-bond acceptors (Lipinski definition) is 3. The van der Waals surface area contributed by atoms with Gasteiger partial charge in [0.1, 0.15) is 11.4 Å². The van der Waals surface area contributed by atoms with Crippen LogP contribution in [0.25, 0.3) is 21.8 Å². The number of rotatable bonds is 3. The number of nitrogens with zero attached hydrogens (tertiary/aromatic N) is 2. The van der Waals surface area contributed by atoms with Gasteiger partial charge < -0.3 is 9.67 Å². The van der Waals surface area contributed by atoms with E-state index in [1.807, 2.05) is 25.1 Å². The number of carboxylic acid groups (broad SMARTS) is 1. The summed E-state index contributed by atoms with van der Waals surface area (Å²) in [5.41, 5.74) is 1.71. The van der Waals surface area contributed by atoms with E-state index in [2.05, 4.69) is 10.2 Å². The van der Waals surface area contributed by atoms with Gasteiger partial charge in [0.25, 0.3) is 0 Å². The Morgan fingerprint density at radius 1 is 1.31 bits per heavy atom. The fourth-order valence-electron chi connectivity index (χ4n) is 3.17. The van der Waals surface area contributed by atoms with Crippen molar-refractivity contribution in [3.05, 3.63) is 75.5 Å². The molecule has 2 aromatic carbocycles. The number of pyridine rings is 1. The van der Waals surface area contributed by atoms with Crippen LogP contribution in [-0.4, -0.2) is 25.8 Å². The van der Waals surface area contributed by atoms with Crippen LogP contribution in [-0.2, 0) is 6.54 Å². The van der Waals surface area contributed by atoms with E-state index < -0.39 is 22.8 Å². The molecular formula is C19H14FN3O3. The maximum absolute atomic E-state index is 14.2. The van der Waals surface area contributed by atoms with E-state index in [1.165, 1.54) is 12.3 Å². The van der Waals surface area contributed by atoms with Gasteiger partial charge in [-0.05, 0) is 36.8 Å². The lowest BCUT2D eigenvalue weighted by Crippen LogP contribution is -2.20. The summed E-state index contributed by atoms with van der Waals surface area (Å²) in [4.78, 5) is 23.8. The van der Waals surface area contributed by atoms with Gasteiger partial charge in [0.05, 0.1) is 22.1 Å². The third kappa shape index (κ3) is 2.45. The lowest BCUT2D eigenvalue weighted by molar-refractivity contribution is 0.0695. The first-order chi connectivity index (χ1) is 12.5. The molecule has 0 radical (unpaired) electrons. The second-order valence-electron chi connectivity index (χ2n) is 6.13. The predicted octanol–water partition coefficient (Wildman–Crippen LogP) is 3.07. The Bertz CT molecular complexity index is 1240. The van der Waals surface area contributed by atoms with Crippen molar-refractivity contribution in [3.8, 4) is 0 Å². The van der Waals surface area contributed by atoms with Crippen molar-refractivity contribution in [2.45, 2.75) is 13.5 Å². The summed E-state index contributed by atoms with van der Waals surface area (Å²) in [6.07, 6.45) is 1.26. The zero-order valence-corrected chi connectivity index (χ0v) is 13.8. The number of carbonyl (C=O) groups is 1. The molecule has 130 valence electrons. The molecule has 0 saturated heterocycles. The highest BCUT2D eigenvalue weighted by molar-refractivity contribution is 5.92. The zero-order chi connectivity index (χ0) is 18.4. The smallest absolute Gasteiger partial charge is 0.341 e. The van der Waals surface area contributed by atoms with Gasteiger partial charge in [-0.25, -0.2) is 9.18 Å². The predicted molar refractivity (Wildman–Crippen MR) is 95.1 cm³/mol. The number of aromatic carboxylic acids is 1. The summed E-state index contributed by atoms with van der Waals surface area (Å²) in [5.74, 6) is -2.11. The molecule has 26 heavy (non-hydrogen) atoms. The number of carboxylic acids is 1. The Morgan fingerprint density at radius 3 is 2.88 bits per heavy atom.